The molecule has 7 nitrogen and oxygen atoms in total. The highest BCUT2D eigenvalue weighted by molar-refractivity contribution is 6.04. The van der Waals surface area contributed by atoms with Gasteiger partial charge in [-0.1, -0.05) is 6.07 Å². The molecule has 0 spiro atoms. The zero-order valence-corrected chi connectivity index (χ0v) is 17.3. The Morgan fingerprint density at radius 3 is 2.68 bits per heavy atom. The zero-order valence-electron chi connectivity index (χ0n) is 17.3. The van der Waals surface area contributed by atoms with Crippen LogP contribution >= 0.6 is 0 Å². The van der Waals surface area contributed by atoms with Crippen LogP contribution in [0.5, 0.6) is 0 Å². The number of carbonyl (C=O) groups excluding carboxylic acids is 1. The first kappa shape index (κ1) is 19.8. The summed E-state index contributed by atoms with van der Waals surface area (Å²) >= 11 is 0. The monoisotopic (exact) mass is 382 g/mol. The molecular weight excluding hydrogens is 352 g/mol. The summed E-state index contributed by atoms with van der Waals surface area (Å²) in [4.78, 5) is 19.4. The molecule has 7 heteroatoms. The number of nitrogens with one attached hydrogen (secondary N) is 2. The van der Waals surface area contributed by atoms with Crippen molar-refractivity contribution in [2.75, 3.05) is 31.4 Å². The van der Waals surface area contributed by atoms with Gasteiger partial charge in [0.05, 0.1) is 11.3 Å². The fourth-order valence-electron chi connectivity index (χ4n) is 3.35. The number of hydrogen-bond donors (Lipinski definition) is 3. The van der Waals surface area contributed by atoms with Gasteiger partial charge in [0.15, 0.2) is 0 Å². The molecule has 1 aromatic carbocycles. The summed E-state index contributed by atoms with van der Waals surface area (Å²) in [6.07, 6.45) is 3.95. The second-order valence-corrected chi connectivity index (χ2v) is 7.29. The zero-order chi connectivity index (χ0) is 20.4. The van der Waals surface area contributed by atoms with Crippen molar-refractivity contribution in [3.8, 4) is 0 Å². The number of rotatable bonds is 7. The van der Waals surface area contributed by atoms with Gasteiger partial charge in [0.25, 0.3) is 5.91 Å². The fraction of sp³-hybridized carbons (Fsp3) is 0.429. The van der Waals surface area contributed by atoms with Gasteiger partial charge in [0.2, 0.25) is 0 Å². The molecule has 1 amide bonds. The average Bonchev–Trinajstić information content (AvgIpc) is 3.46. The molecule has 1 saturated carbocycles. The second kappa shape index (κ2) is 7.96. The largest absolute Gasteiger partial charge is 0.385 e. The summed E-state index contributed by atoms with van der Waals surface area (Å²) in [5.41, 5.74) is 14.5. The first-order valence-corrected chi connectivity index (χ1v) is 9.73. The van der Waals surface area contributed by atoms with Crippen LogP contribution in [0, 0.1) is 13.8 Å². The maximum Gasteiger partial charge on any atom is 0.255 e. The van der Waals surface area contributed by atoms with Crippen LogP contribution in [0.1, 0.15) is 46.9 Å². The van der Waals surface area contributed by atoms with E-state index in [0.29, 0.717) is 23.1 Å². The predicted octanol–water partition coefficient (Wildman–Crippen LogP) is 2.98. The lowest BCUT2D eigenvalue weighted by Gasteiger charge is -2.15. The van der Waals surface area contributed by atoms with Gasteiger partial charge < -0.3 is 21.4 Å². The number of amidine groups is 1. The van der Waals surface area contributed by atoms with Crippen molar-refractivity contribution in [3.63, 3.8) is 0 Å². The Bertz CT molecular complexity index is 910. The first-order chi connectivity index (χ1) is 13.4. The van der Waals surface area contributed by atoms with E-state index < -0.39 is 0 Å². The van der Waals surface area contributed by atoms with Gasteiger partial charge in [-0.25, -0.2) is 4.99 Å². The highest BCUT2D eigenvalue weighted by Gasteiger charge is 2.32. The SMILES string of the molecule is CCNc1ccc(C)c(N=C(N)c2c(C)c(C(=O)N(C)C3CC3)cn2NC)c1. The van der Waals surface area contributed by atoms with Crippen molar-refractivity contribution < 1.29 is 4.79 Å². The van der Waals surface area contributed by atoms with Crippen molar-refractivity contribution in [3.05, 3.63) is 46.8 Å². The number of aliphatic imine (C=N–C) groups is 1. The minimum absolute atomic E-state index is 0.0216. The van der Waals surface area contributed by atoms with Gasteiger partial charge in [-0.2, -0.15) is 0 Å². The van der Waals surface area contributed by atoms with Gasteiger partial charge in [-0.15, -0.1) is 0 Å². The van der Waals surface area contributed by atoms with Gasteiger partial charge >= 0.3 is 0 Å². The number of amides is 1. The predicted molar refractivity (Wildman–Crippen MR) is 115 cm³/mol. The number of hydrogen-bond acceptors (Lipinski definition) is 4. The Morgan fingerprint density at radius 1 is 1.36 bits per heavy atom. The maximum atomic E-state index is 12.9. The second-order valence-electron chi connectivity index (χ2n) is 7.29. The Kier molecular flexibility index (Phi) is 5.63. The lowest BCUT2D eigenvalue weighted by Crippen LogP contribution is -2.29. The van der Waals surface area contributed by atoms with E-state index in [-0.39, 0.29) is 5.91 Å². The van der Waals surface area contributed by atoms with Crippen LogP contribution in [0.25, 0.3) is 0 Å². The van der Waals surface area contributed by atoms with Crippen LogP contribution in [0.4, 0.5) is 11.4 Å². The van der Waals surface area contributed by atoms with Gasteiger partial charge in [-0.3, -0.25) is 9.47 Å². The van der Waals surface area contributed by atoms with Crippen LogP contribution in [-0.2, 0) is 0 Å². The van der Waals surface area contributed by atoms with Crippen molar-refractivity contribution in [2.24, 2.45) is 10.7 Å². The Morgan fingerprint density at radius 2 is 2.07 bits per heavy atom. The molecule has 0 atom stereocenters. The van der Waals surface area contributed by atoms with Crippen LogP contribution in [0.2, 0.25) is 0 Å². The lowest BCUT2D eigenvalue weighted by atomic mass is 10.1. The van der Waals surface area contributed by atoms with Crippen molar-refractivity contribution in [2.45, 2.75) is 39.7 Å². The van der Waals surface area contributed by atoms with Gasteiger partial charge in [0.1, 0.15) is 11.5 Å². The molecule has 0 bridgehead atoms. The molecule has 0 saturated heterocycles. The van der Waals surface area contributed by atoms with E-state index in [4.69, 9.17) is 5.73 Å². The van der Waals surface area contributed by atoms with E-state index in [1.165, 1.54) is 0 Å². The molecule has 1 aliphatic rings. The standard InChI is InChI=1S/C21H30N6O/c1-6-24-15-8-7-13(2)18(11-15)25-20(22)19-14(3)17(12-27(19)23-4)21(28)26(5)16-9-10-16/h7-8,11-12,16,23-24H,6,9-10H2,1-5H3,(H2,22,25). The summed E-state index contributed by atoms with van der Waals surface area (Å²) in [7, 11) is 3.66. The number of nitrogens with zero attached hydrogens (tertiary/aromatic N) is 3. The minimum atomic E-state index is 0.0216. The third-order valence-electron chi connectivity index (χ3n) is 5.22. The third kappa shape index (κ3) is 3.83. The molecule has 4 N–H and O–H groups in total. The average molecular weight is 383 g/mol. The molecule has 1 aliphatic carbocycles. The molecule has 3 rings (SSSR count). The van der Waals surface area contributed by atoms with E-state index in [9.17, 15) is 4.79 Å². The highest BCUT2D eigenvalue weighted by Crippen LogP contribution is 2.29. The number of benzene rings is 1. The lowest BCUT2D eigenvalue weighted by molar-refractivity contribution is 0.0784. The van der Waals surface area contributed by atoms with E-state index in [2.05, 4.69) is 22.7 Å². The number of aromatic nitrogens is 1. The van der Waals surface area contributed by atoms with Crippen LogP contribution in [0.15, 0.2) is 29.4 Å². The Labute approximate surface area is 166 Å². The van der Waals surface area contributed by atoms with E-state index in [1.54, 1.807) is 17.9 Å². The van der Waals surface area contributed by atoms with Crippen molar-refractivity contribution >= 4 is 23.1 Å². The summed E-state index contributed by atoms with van der Waals surface area (Å²) in [6, 6.07) is 6.39. The number of carbonyl (C=O) groups is 1. The Hall–Kier alpha value is -2.96. The third-order valence-corrected chi connectivity index (χ3v) is 5.22. The molecule has 1 heterocycles. The summed E-state index contributed by atoms with van der Waals surface area (Å²) in [5, 5.41) is 3.29. The quantitative estimate of drug-likeness (QED) is 0.507. The molecule has 150 valence electrons. The van der Waals surface area contributed by atoms with Crippen molar-refractivity contribution in [1.82, 2.24) is 9.58 Å². The molecule has 0 radical (unpaired) electrons. The maximum absolute atomic E-state index is 12.9. The van der Waals surface area contributed by atoms with E-state index >= 15 is 0 Å². The van der Waals surface area contributed by atoms with Crippen LogP contribution in [0.3, 0.4) is 0 Å². The summed E-state index contributed by atoms with van der Waals surface area (Å²) < 4.78 is 1.77. The summed E-state index contributed by atoms with van der Waals surface area (Å²) in [6.45, 7) is 6.81. The topological polar surface area (TPSA) is 87.7 Å². The minimum Gasteiger partial charge on any atom is -0.385 e. The normalized spacial score (nSPS) is 14.1. The van der Waals surface area contributed by atoms with Gasteiger partial charge in [0, 0.05) is 38.6 Å². The number of aryl methyl sites for hydroxylation is 1. The molecular formula is C21H30N6O. The van der Waals surface area contributed by atoms with Gasteiger partial charge in [-0.05, 0) is 56.9 Å². The smallest absolute Gasteiger partial charge is 0.255 e. The molecule has 0 aliphatic heterocycles. The van der Waals surface area contributed by atoms with E-state index in [0.717, 1.165) is 41.9 Å². The van der Waals surface area contributed by atoms with Crippen LogP contribution < -0.4 is 16.5 Å². The molecule has 0 unspecified atom stereocenters. The molecule has 2 aromatic rings. The molecule has 28 heavy (non-hydrogen) atoms. The Balaban J connectivity index is 1.99. The van der Waals surface area contributed by atoms with Crippen LogP contribution in [-0.4, -0.2) is 48.0 Å². The molecule has 1 aromatic heterocycles. The highest BCUT2D eigenvalue weighted by atomic mass is 16.2. The number of nitrogens with two attached hydrogens (primary N) is 1. The first-order valence-electron chi connectivity index (χ1n) is 9.73. The summed E-state index contributed by atoms with van der Waals surface area (Å²) in [5.74, 6) is 0.394. The number of anilines is 1. The van der Waals surface area contributed by atoms with Crippen molar-refractivity contribution in [1.29, 1.82) is 0 Å². The fourth-order valence-corrected chi connectivity index (χ4v) is 3.35. The van der Waals surface area contributed by atoms with E-state index in [1.807, 2.05) is 44.0 Å². The molecule has 1 fully saturated rings.